The fourth-order valence-corrected chi connectivity index (χ4v) is 1.05. The maximum absolute atomic E-state index is 8.79. The van der Waals surface area contributed by atoms with Crippen molar-refractivity contribution in [1.82, 2.24) is 0 Å². The van der Waals surface area contributed by atoms with Gasteiger partial charge in [-0.05, 0) is 11.1 Å². The van der Waals surface area contributed by atoms with Crippen LogP contribution in [0.3, 0.4) is 0 Å². The zero-order valence-electron chi connectivity index (χ0n) is 6.95. The standard InChI is InChI=1S/C8H10O2S.Na/c9-4-6-1-2-8(11)7(3-6)5-10;/h1-3,9-11H,4-5H2;/q;+1/p-1. The average molecular weight is 192 g/mol. The van der Waals surface area contributed by atoms with E-state index in [9.17, 15) is 0 Å². The Morgan fingerprint density at radius 3 is 2.33 bits per heavy atom. The molecule has 0 amide bonds. The van der Waals surface area contributed by atoms with Gasteiger partial charge in [0.25, 0.3) is 0 Å². The molecule has 0 aromatic heterocycles. The first-order chi connectivity index (χ1) is 5.27. The first kappa shape index (κ1) is 12.4. The number of rotatable bonds is 2. The third-order valence-corrected chi connectivity index (χ3v) is 1.88. The quantitative estimate of drug-likeness (QED) is 0.405. The summed E-state index contributed by atoms with van der Waals surface area (Å²) in [4.78, 5) is 0.643. The molecule has 0 saturated carbocycles. The Hall–Kier alpha value is 0.360. The first-order valence-corrected chi connectivity index (χ1v) is 3.69. The number of hydrogen-bond donors (Lipinski definition) is 2. The van der Waals surface area contributed by atoms with Gasteiger partial charge in [0, 0.05) is 0 Å². The normalized spacial score (nSPS) is 9.17. The van der Waals surface area contributed by atoms with Crippen molar-refractivity contribution >= 4 is 12.6 Å². The summed E-state index contributed by atoms with van der Waals surface area (Å²) in [7, 11) is 0. The fourth-order valence-electron chi connectivity index (χ4n) is 0.855. The van der Waals surface area contributed by atoms with Crippen LogP contribution < -0.4 is 29.6 Å². The zero-order valence-corrected chi connectivity index (χ0v) is 9.77. The zero-order chi connectivity index (χ0) is 8.27. The van der Waals surface area contributed by atoms with Crippen LogP contribution in [0.4, 0.5) is 0 Å². The van der Waals surface area contributed by atoms with Crippen LogP contribution in [-0.4, -0.2) is 10.2 Å². The molecule has 0 fully saturated rings. The number of hydrogen-bond acceptors (Lipinski definition) is 3. The monoisotopic (exact) mass is 192 g/mol. The van der Waals surface area contributed by atoms with E-state index in [4.69, 9.17) is 22.8 Å². The van der Waals surface area contributed by atoms with Crippen LogP contribution in [0.5, 0.6) is 0 Å². The van der Waals surface area contributed by atoms with E-state index in [1.807, 2.05) is 0 Å². The summed E-state index contributed by atoms with van der Waals surface area (Å²) in [5, 5.41) is 17.5. The van der Waals surface area contributed by atoms with E-state index in [1.165, 1.54) is 0 Å². The van der Waals surface area contributed by atoms with Crippen molar-refractivity contribution in [1.29, 1.82) is 0 Å². The molecule has 0 heterocycles. The molecule has 2 nitrogen and oxygen atoms in total. The Bertz CT molecular complexity index is 253. The van der Waals surface area contributed by atoms with E-state index in [0.717, 1.165) is 5.56 Å². The van der Waals surface area contributed by atoms with Crippen molar-refractivity contribution in [2.24, 2.45) is 0 Å². The Balaban J connectivity index is 0.00000121. The van der Waals surface area contributed by atoms with Gasteiger partial charge in [0.2, 0.25) is 0 Å². The van der Waals surface area contributed by atoms with Crippen molar-refractivity contribution in [2.75, 3.05) is 0 Å². The van der Waals surface area contributed by atoms with Crippen LogP contribution in [0, 0.1) is 0 Å². The largest absolute Gasteiger partial charge is 1.00 e. The molecular formula is C8H9NaO2S. The maximum Gasteiger partial charge on any atom is 1.00 e. The number of aliphatic hydroxyl groups excluding tert-OH is 2. The van der Waals surface area contributed by atoms with Gasteiger partial charge < -0.3 is 22.8 Å². The Morgan fingerprint density at radius 1 is 1.17 bits per heavy atom. The van der Waals surface area contributed by atoms with Crippen LogP contribution in [-0.2, 0) is 25.8 Å². The van der Waals surface area contributed by atoms with Gasteiger partial charge in [0.1, 0.15) is 0 Å². The van der Waals surface area contributed by atoms with Crippen molar-refractivity contribution < 1.29 is 39.8 Å². The molecule has 1 rings (SSSR count). The Labute approximate surface area is 99.3 Å². The summed E-state index contributed by atoms with van der Waals surface area (Å²) < 4.78 is 0. The summed E-state index contributed by atoms with van der Waals surface area (Å²) in [6, 6.07) is 5.18. The minimum atomic E-state index is -0.0628. The summed E-state index contributed by atoms with van der Waals surface area (Å²) in [6.45, 7) is -0.0741. The summed E-state index contributed by atoms with van der Waals surface area (Å²) in [5.74, 6) is 0. The van der Waals surface area contributed by atoms with Gasteiger partial charge in [0.15, 0.2) is 0 Å². The van der Waals surface area contributed by atoms with Crippen LogP contribution in [0.25, 0.3) is 0 Å². The minimum Gasteiger partial charge on any atom is -0.779 e. The first-order valence-electron chi connectivity index (χ1n) is 3.28. The minimum absolute atomic E-state index is 0. The molecule has 1 aromatic rings. The Kier molecular flexibility index (Phi) is 6.09. The molecule has 0 unspecified atom stereocenters. The predicted octanol–water partition coefficient (Wildman–Crippen LogP) is -2.42. The van der Waals surface area contributed by atoms with Gasteiger partial charge in [-0.1, -0.05) is 18.2 Å². The van der Waals surface area contributed by atoms with Gasteiger partial charge in [0.05, 0.1) is 13.2 Å². The molecule has 0 aliphatic heterocycles. The summed E-state index contributed by atoms with van der Waals surface area (Å²) in [5.41, 5.74) is 1.48. The molecule has 2 N–H and O–H groups in total. The molecular weight excluding hydrogens is 183 g/mol. The van der Waals surface area contributed by atoms with E-state index in [1.54, 1.807) is 18.2 Å². The molecule has 1 aromatic carbocycles. The van der Waals surface area contributed by atoms with Crippen molar-refractivity contribution in [3.63, 3.8) is 0 Å². The maximum atomic E-state index is 8.79. The fraction of sp³-hybridized carbons (Fsp3) is 0.250. The molecule has 0 bridgehead atoms. The molecule has 60 valence electrons. The molecule has 4 heteroatoms. The smallest absolute Gasteiger partial charge is 0.779 e. The van der Waals surface area contributed by atoms with E-state index >= 15 is 0 Å². The van der Waals surface area contributed by atoms with Crippen molar-refractivity contribution in [3.8, 4) is 0 Å². The van der Waals surface area contributed by atoms with Gasteiger partial charge in [-0.3, -0.25) is 0 Å². The van der Waals surface area contributed by atoms with Crippen molar-refractivity contribution in [3.05, 3.63) is 29.3 Å². The van der Waals surface area contributed by atoms with Gasteiger partial charge in [-0.25, -0.2) is 0 Å². The van der Waals surface area contributed by atoms with Gasteiger partial charge >= 0.3 is 29.6 Å². The van der Waals surface area contributed by atoms with Crippen molar-refractivity contribution in [2.45, 2.75) is 18.1 Å². The van der Waals surface area contributed by atoms with E-state index in [-0.39, 0.29) is 42.8 Å². The second kappa shape index (κ2) is 5.91. The molecule has 0 aliphatic carbocycles. The third kappa shape index (κ3) is 3.01. The number of aliphatic hydroxyl groups is 2. The van der Waals surface area contributed by atoms with E-state index < -0.39 is 0 Å². The molecule has 12 heavy (non-hydrogen) atoms. The molecule has 0 spiro atoms. The average Bonchev–Trinajstić information content (AvgIpc) is 2.05. The van der Waals surface area contributed by atoms with Crippen LogP contribution in [0.1, 0.15) is 11.1 Å². The third-order valence-electron chi connectivity index (χ3n) is 1.48. The SMILES string of the molecule is OCc1ccc([S-])c(CO)c1.[Na+]. The summed E-state index contributed by atoms with van der Waals surface area (Å²) in [6.07, 6.45) is 0. The van der Waals surface area contributed by atoms with E-state index in [2.05, 4.69) is 0 Å². The van der Waals surface area contributed by atoms with Crippen LogP contribution in [0.2, 0.25) is 0 Å². The van der Waals surface area contributed by atoms with Crippen LogP contribution >= 0.6 is 0 Å². The second-order valence-corrected chi connectivity index (χ2v) is 2.70. The Morgan fingerprint density at radius 2 is 1.83 bits per heavy atom. The van der Waals surface area contributed by atoms with Gasteiger partial charge in [-0.2, -0.15) is 4.90 Å². The van der Waals surface area contributed by atoms with E-state index in [0.29, 0.717) is 10.5 Å². The summed E-state index contributed by atoms with van der Waals surface area (Å²) >= 11 is 4.92. The molecule has 0 saturated heterocycles. The topological polar surface area (TPSA) is 40.5 Å². The molecule has 0 radical (unpaired) electrons. The second-order valence-electron chi connectivity index (χ2n) is 2.26. The van der Waals surface area contributed by atoms with Crippen LogP contribution in [0.15, 0.2) is 23.1 Å². The molecule has 0 aliphatic rings. The molecule has 0 atom stereocenters. The number of benzene rings is 1. The van der Waals surface area contributed by atoms with Gasteiger partial charge in [-0.15, -0.1) is 0 Å². The predicted molar refractivity (Wildman–Crippen MR) is 43.9 cm³/mol.